The molecule has 1 aliphatic carbocycles. The van der Waals surface area contributed by atoms with Crippen molar-refractivity contribution in [1.82, 2.24) is 4.90 Å². The lowest BCUT2D eigenvalue weighted by atomic mass is 9.95. The predicted octanol–water partition coefficient (Wildman–Crippen LogP) is 3.24. The number of nitrogens with zero attached hydrogens (tertiary/aromatic N) is 1. The summed E-state index contributed by atoms with van der Waals surface area (Å²) in [5, 5.41) is 2.57. The molecule has 1 heterocycles. The summed E-state index contributed by atoms with van der Waals surface area (Å²) < 4.78 is 14.7. The van der Waals surface area contributed by atoms with Crippen LogP contribution in [0.4, 0.5) is 10.1 Å². The van der Waals surface area contributed by atoms with Crippen LogP contribution in [0.3, 0.4) is 0 Å². The number of hydrogen-bond donors (Lipinski definition) is 2. The maximum atomic E-state index is 14.7. The predicted molar refractivity (Wildman–Crippen MR) is 110 cm³/mol. The van der Waals surface area contributed by atoms with Crippen LogP contribution < -0.4 is 11.1 Å². The molecule has 1 radical (unpaired) electrons. The number of carbonyl (C=O) groups is 2. The van der Waals surface area contributed by atoms with Gasteiger partial charge in [-0.2, -0.15) is 0 Å². The molecule has 151 valence electrons. The van der Waals surface area contributed by atoms with E-state index < -0.39 is 17.6 Å². The average molecular weight is 394 g/mol. The van der Waals surface area contributed by atoms with E-state index in [4.69, 9.17) is 5.73 Å². The van der Waals surface area contributed by atoms with Gasteiger partial charge in [0, 0.05) is 17.5 Å². The topological polar surface area (TPSA) is 75.4 Å². The molecule has 29 heavy (non-hydrogen) atoms. The Morgan fingerprint density at radius 1 is 1.14 bits per heavy atom. The Labute approximate surface area is 170 Å². The molecule has 2 aromatic rings. The number of hydrogen-bond acceptors (Lipinski definition) is 3. The van der Waals surface area contributed by atoms with Crippen LogP contribution in [0.1, 0.15) is 47.2 Å². The first-order chi connectivity index (χ1) is 14.0. The van der Waals surface area contributed by atoms with Gasteiger partial charge in [-0.1, -0.05) is 24.3 Å². The van der Waals surface area contributed by atoms with Gasteiger partial charge in [0.05, 0.1) is 12.1 Å². The second-order valence-corrected chi connectivity index (χ2v) is 8.04. The average Bonchev–Trinajstić information content (AvgIpc) is 3.29. The van der Waals surface area contributed by atoms with Crippen molar-refractivity contribution in [3.8, 4) is 0 Å². The van der Waals surface area contributed by atoms with Gasteiger partial charge in [-0.3, -0.25) is 9.59 Å². The van der Waals surface area contributed by atoms with Crippen molar-refractivity contribution < 1.29 is 14.0 Å². The van der Waals surface area contributed by atoms with E-state index in [2.05, 4.69) is 10.2 Å². The van der Waals surface area contributed by atoms with Crippen molar-refractivity contribution in [3.05, 3.63) is 71.4 Å². The molecule has 5 nitrogen and oxygen atoms in total. The Hall–Kier alpha value is -2.73. The SMILES string of the molecule is NC(=O)c1ccccc1[CH]C(=O)Nc1ccc(C2(CN3CCCC3)CC2)cc1F. The van der Waals surface area contributed by atoms with Crippen molar-refractivity contribution in [2.45, 2.75) is 31.1 Å². The van der Waals surface area contributed by atoms with Crippen molar-refractivity contribution in [2.24, 2.45) is 5.73 Å². The van der Waals surface area contributed by atoms with E-state index in [-0.39, 0.29) is 16.7 Å². The zero-order valence-corrected chi connectivity index (χ0v) is 16.3. The molecule has 3 N–H and O–H groups in total. The number of anilines is 1. The maximum absolute atomic E-state index is 14.7. The van der Waals surface area contributed by atoms with Crippen LogP contribution in [0.25, 0.3) is 0 Å². The summed E-state index contributed by atoms with van der Waals surface area (Å²) in [6.45, 7) is 3.23. The van der Waals surface area contributed by atoms with E-state index in [1.807, 2.05) is 6.07 Å². The lowest BCUT2D eigenvalue weighted by Gasteiger charge is -2.23. The lowest BCUT2D eigenvalue weighted by Crippen LogP contribution is -2.30. The minimum absolute atomic E-state index is 0.0558. The molecule has 4 rings (SSSR count). The highest BCUT2D eigenvalue weighted by Crippen LogP contribution is 2.49. The largest absolute Gasteiger partial charge is 0.366 e. The summed E-state index contributed by atoms with van der Waals surface area (Å²) in [5.41, 5.74) is 7.17. The molecule has 0 bridgehead atoms. The Bertz CT molecular complexity index is 933. The van der Waals surface area contributed by atoms with Gasteiger partial charge in [-0.15, -0.1) is 0 Å². The molecule has 0 spiro atoms. The number of nitrogens with two attached hydrogens (primary N) is 1. The van der Waals surface area contributed by atoms with Gasteiger partial charge in [0.2, 0.25) is 11.8 Å². The summed E-state index contributed by atoms with van der Waals surface area (Å²) in [7, 11) is 0. The molecule has 2 fully saturated rings. The summed E-state index contributed by atoms with van der Waals surface area (Å²) in [5.74, 6) is -1.57. The molecule has 1 saturated carbocycles. The van der Waals surface area contributed by atoms with E-state index in [0.717, 1.165) is 38.0 Å². The number of likely N-dealkylation sites (tertiary alicyclic amines) is 1. The molecular weight excluding hydrogens is 369 g/mol. The normalized spacial score (nSPS) is 17.8. The third-order valence-corrected chi connectivity index (χ3v) is 5.93. The standard InChI is InChI=1S/C23H25FN3O2/c24-19-14-17(23(9-10-23)15-27-11-3-4-12-27)7-8-20(19)26-21(28)13-16-5-1-2-6-18(16)22(25)29/h1-2,5-8,13-14H,3-4,9-12,15H2,(H2,25,29)(H,26,28). The van der Waals surface area contributed by atoms with Gasteiger partial charge >= 0.3 is 0 Å². The first kappa shape index (κ1) is 19.6. The van der Waals surface area contributed by atoms with E-state index in [1.165, 1.54) is 19.3 Å². The third-order valence-electron chi connectivity index (χ3n) is 5.93. The van der Waals surface area contributed by atoms with Crippen LogP contribution in [-0.4, -0.2) is 36.3 Å². The van der Waals surface area contributed by atoms with Crippen molar-refractivity contribution in [1.29, 1.82) is 0 Å². The summed E-state index contributed by atoms with van der Waals surface area (Å²) in [6, 6.07) is 11.6. The fraction of sp³-hybridized carbons (Fsp3) is 0.348. The van der Waals surface area contributed by atoms with Crippen LogP contribution in [0.15, 0.2) is 42.5 Å². The zero-order chi connectivity index (χ0) is 20.4. The first-order valence-corrected chi connectivity index (χ1v) is 10.0. The molecule has 1 saturated heterocycles. The third kappa shape index (κ3) is 4.32. The Balaban J connectivity index is 1.43. The second-order valence-electron chi connectivity index (χ2n) is 8.04. The monoisotopic (exact) mass is 394 g/mol. The van der Waals surface area contributed by atoms with Crippen molar-refractivity contribution >= 4 is 17.5 Å². The highest BCUT2D eigenvalue weighted by Gasteiger charge is 2.45. The molecule has 2 aromatic carbocycles. The fourth-order valence-electron chi connectivity index (χ4n) is 4.16. The molecule has 0 unspecified atom stereocenters. The minimum atomic E-state index is -0.618. The number of halogens is 1. The van der Waals surface area contributed by atoms with E-state index in [1.54, 1.807) is 36.4 Å². The number of primary amides is 1. The van der Waals surface area contributed by atoms with Crippen LogP contribution in [0, 0.1) is 12.2 Å². The Morgan fingerprint density at radius 3 is 2.52 bits per heavy atom. The molecule has 0 aromatic heterocycles. The first-order valence-electron chi connectivity index (χ1n) is 10.0. The van der Waals surface area contributed by atoms with E-state index >= 15 is 0 Å². The Kier molecular flexibility index (Phi) is 5.37. The Morgan fingerprint density at radius 2 is 1.86 bits per heavy atom. The molecule has 1 aliphatic heterocycles. The number of nitrogens with one attached hydrogen (secondary N) is 1. The molecular formula is C23H25FN3O2. The lowest BCUT2D eigenvalue weighted by molar-refractivity contribution is -0.112. The smallest absolute Gasteiger partial charge is 0.249 e. The number of benzene rings is 2. The number of rotatable bonds is 7. The highest BCUT2D eigenvalue weighted by atomic mass is 19.1. The minimum Gasteiger partial charge on any atom is -0.366 e. The van der Waals surface area contributed by atoms with Gasteiger partial charge in [-0.05, 0) is 68.1 Å². The van der Waals surface area contributed by atoms with Gasteiger partial charge in [-0.25, -0.2) is 4.39 Å². The van der Waals surface area contributed by atoms with Gasteiger partial charge < -0.3 is 16.0 Å². The zero-order valence-electron chi connectivity index (χ0n) is 16.3. The van der Waals surface area contributed by atoms with Crippen molar-refractivity contribution in [2.75, 3.05) is 25.0 Å². The molecule has 6 heteroatoms. The van der Waals surface area contributed by atoms with Crippen LogP contribution in [0.5, 0.6) is 0 Å². The quantitative estimate of drug-likeness (QED) is 0.757. The molecule has 2 aliphatic rings. The summed E-state index contributed by atoms with van der Waals surface area (Å²) in [6.07, 6.45) is 5.89. The maximum Gasteiger partial charge on any atom is 0.249 e. The summed E-state index contributed by atoms with van der Waals surface area (Å²) >= 11 is 0. The van der Waals surface area contributed by atoms with Gasteiger partial charge in [0.1, 0.15) is 5.82 Å². The van der Waals surface area contributed by atoms with Crippen molar-refractivity contribution in [3.63, 3.8) is 0 Å². The molecule has 0 atom stereocenters. The van der Waals surface area contributed by atoms with Gasteiger partial charge in [0.15, 0.2) is 0 Å². The second kappa shape index (κ2) is 7.95. The molecule has 2 amide bonds. The van der Waals surface area contributed by atoms with Gasteiger partial charge in [0.25, 0.3) is 0 Å². The van der Waals surface area contributed by atoms with Crippen LogP contribution in [-0.2, 0) is 10.2 Å². The fourth-order valence-corrected chi connectivity index (χ4v) is 4.16. The van der Waals surface area contributed by atoms with Crippen LogP contribution >= 0.6 is 0 Å². The number of amides is 2. The number of carbonyl (C=O) groups excluding carboxylic acids is 2. The van der Waals surface area contributed by atoms with E-state index in [0.29, 0.717) is 5.56 Å². The van der Waals surface area contributed by atoms with Crippen LogP contribution in [0.2, 0.25) is 0 Å². The van der Waals surface area contributed by atoms with E-state index in [9.17, 15) is 14.0 Å². The highest BCUT2D eigenvalue weighted by molar-refractivity contribution is 6.03. The summed E-state index contributed by atoms with van der Waals surface area (Å²) in [4.78, 5) is 26.3.